The molecule has 0 bridgehead atoms. The molecule has 3 aliphatic rings. The van der Waals surface area contributed by atoms with Gasteiger partial charge >= 0.3 is 0 Å². The highest BCUT2D eigenvalue weighted by molar-refractivity contribution is 4.94. The average molecular weight is 371 g/mol. The van der Waals surface area contributed by atoms with Crippen molar-refractivity contribution < 1.29 is 0 Å². The molecule has 0 nitrogen and oxygen atoms in total. The largest absolute Gasteiger partial charge is 0.103 e. The maximum atomic E-state index is 3.96. The summed E-state index contributed by atoms with van der Waals surface area (Å²) in [5.74, 6) is 5.93. The minimum Gasteiger partial charge on any atom is -0.103 e. The molecule has 0 unspecified atom stereocenters. The van der Waals surface area contributed by atoms with Gasteiger partial charge in [-0.25, -0.2) is 0 Å². The topological polar surface area (TPSA) is 0 Å². The Labute approximate surface area is 170 Å². The lowest BCUT2D eigenvalue weighted by Gasteiger charge is -2.38. The molecule has 0 spiro atoms. The van der Waals surface area contributed by atoms with E-state index in [1.54, 1.807) is 25.7 Å². The minimum absolute atomic E-state index is 0.798. The lowest BCUT2D eigenvalue weighted by Crippen LogP contribution is -2.25. The molecule has 0 heterocycles. The minimum atomic E-state index is 0.798. The zero-order valence-corrected chi connectivity index (χ0v) is 18.2. The Morgan fingerprint density at radius 2 is 1.19 bits per heavy atom. The van der Waals surface area contributed by atoms with Crippen molar-refractivity contribution in [1.82, 2.24) is 0 Å². The summed E-state index contributed by atoms with van der Waals surface area (Å²) in [4.78, 5) is 0. The third-order valence-electron chi connectivity index (χ3n) is 8.45. The van der Waals surface area contributed by atoms with Crippen molar-refractivity contribution in [3.63, 3.8) is 0 Å². The van der Waals surface area contributed by atoms with Gasteiger partial charge in [-0.05, 0) is 99.7 Å². The summed E-state index contributed by atoms with van der Waals surface area (Å²) in [7, 11) is 0. The van der Waals surface area contributed by atoms with E-state index < -0.39 is 0 Å². The zero-order chi connectivity index (χ0) is 18.9. The second-order valence-corrected chi connectivity index (χ2v) is 10.3. The fourth-order valence-electron chi connectivity index (χ4n) is 6.50. The van der Waals surface area contributed by atoms with Gasteiger partial charge in [0.15, 0.2) is 0 Å². The Balaban J connectivity index is 1.27. The maximum absolute atomic E-state index is 3.96. The van der Waals surface area contributed by atoms with Crippen LogP contribution >= 0.6 is 0 Å². The van der Waals surface area contributed by atoms with Crippen molar-refractivity contribution in [1.29, 1.82) is 0 Å². The number of hydrogen-bond acceptors (Lipinski definition) is 0. The summed E-state index contributed by atoms with van der Waals surface area (Å²) in [6.45, 7) is 6.32. The highest BCUT2D eigenvalue weighted by Crippen LogP contribution is 2.43. The van der Waals surface area contributed by atoms with Crippen molar-refractivity contribution in [3.05, 3.63) is 24.8 Å². The van der Waals surface area contributed by atoms with Gasteiger partial charge in [0, 0.05) is 0 Å². The Morgan fingerprint density at radius 3 is 1.70 bits per heavy atom. The first-order valence-electron chi connectivity index (χ1n) is 12.6. The Morgan fingerprint density at radius 1 is 0.667 bits per heavy atom. The van der Waals surface area contributed by atoms with Gasteiger partial charge in [-0.2, -0.15) is 0 Å². The lowest BCUT2D eigenvalue weighted by atomic mass is 9.68. The van der Waals surface area contributed by atoms with Crippen molar-refractivity contribution >= 4 is 0 Å². The summed E-state index contributed by atoms with van der Waals surface area (Å²) in [6, 6.07) is 0. The molecule has 0 aromatic rings. The maximum Gasteiger partial charge on any atom is -0.0233 e. The van der Waals surface area contributed by atoms with E-state index in [4.69, 9.17) is 0 Å². The average Bonchev–Trinajstić information content (AvgIpc) is 2.73. The molecule has 0 heteroatoms. The first-order chi connectivity index (χ1) is 13.3. The predicted octanol–water partition coefficient (Wildman–Crippen LogP) is 8.73. The van der Waals surface area contributed by atoms with E-state index in [-0.39, 0.29) is 0 Å². The number of hydrogen-bond donors (Lipinski definition) is 0. The molecule has 0 aliphatic heterocycles. The summed E-state index contributed by atoms with van der Waals surface area (Å²) in [6.07, 6.45) is 30.8. The molecule has 0 saturated heterocycles. The predicted molar refractivity (Wildman–Crippen MR) is 120 cm³/mol. The molecule has 27 heavy (non-hydrogen) atoms. The molecule has 0 radical (unpaired) electrons. The van der Waals surface area contributed by atoms with E-state index in [1.807, 2.05) is 0 Å². The standard InChI is InChI=1S/C27H46/c1-3-7-23-14-18-26(19-15-23)27-20-16-25(17-21-27)9-6-5-8-24-12-10-22(4-2)11-13-24/h4-5,8,22-27H,2-3,6-7,9-21H2,1H3/b8-5+/t22?,23-,24?,25?,26-,27?. The highest BCUT2D eigenvalue weighted by atomic mass is 14.4. The van der Waals surface area contributed by atoms with Crippen LogP contribution in [0.25, 0.3) is 0 Å². The van der Waals surface area contributed by atoms with E-state index in [0.717, 1.165) is 35.5 Å². The smallest absolute Gasteiger partial charge is 0.0233 e. The number of rotatable bonds is 8. The summed E-state index contributed by atoms with van der Waals surface area (Å²) in [5, 5.41) is 0. The molecule has 154 valence electrons. The van der Waals surface area contributed by atoms with Crippen LogP contribution in [0.2, 0.25) is 0 Å². The fourth-order valence-corrected chi connectivity index (χ4v) is 6.50. The summed E-state index contributed by atoms with van der Waals surface area (Å²) >= 11 is 0. The lowest BCUT2D eigenvalue weighted by molar-refractivity contribution is 0.141. The van der Waals surface area contributed by atoms with Crippen LogP contribution in [-0.4, -0.2) is 0 Å². The molecule has 0 aromatic heterocycles. The van der Waals surface area contributed by atoms with Gasteiger partial charge in [0.25, 0.3) is 0 Å². The van der Waals surface area contributed by atoms with E-state index in [1.165, 1.54) is 77.0 Å². The van der Waals surface area contributed by atoms with Gasteiger partial charge < -0.3 is 0 Å². The van der Waals surface area contributed by atoms with Gasteiger partial charge in [-0.15, -0.1) is 6.58 Å². The van der Waals surface area contributed by atoms with Crippen LogP contribution in [0, 0.1) is 35.5 Å². The third kappa shape index (κ3) is 6.79. The third-order valence-corrected chi connectivity index (χ3v) is 8.45. The second-order valence-electron chi connectivity index (χ2n) is 10.3. The monoisotopic (exact) mass is 370 g/mol. The van der Waals surface area contributed by atoms with Gasteiger partial charge in [0.2, 0.25) is 0 Å². The molecule has 3 fully saturated rings. The van der Waals surface area contributed by atoms with E-state index in [2.05, 4.69) is 31.7 Å². The Hall–Kier alpha value is -0.520. The van der Waals surface area contributed by atoms with Crippen molar-refractivity contribution in [3.8, 4) is 0 Å². The van der Waals surface area contributed by atoms with Crippen molar-refractivity contribution in [2.45, 2.75) is 110 Å². The summed E-state index contributed by atoms with van der Waals surface area (Å²) in [5.41, 5.74) is 0. The van der Waals surface area contributed by atoms with Crippen LogP contribution in [0.4, 0.5) is 0 Å². The molecule has 3 aliphatic carbocycles. The van der Waals surface area contributed by atoms with Gasteiger partial charge in [0.05, 0.1) is 0 Å². The molecule has 0 amide bonds. The second kappa shape index (κ2) is 11.5. The summed E-state index contributed by atoms with van der Waals surface area (Å²) < 4.78 is 0. The number of allylic oxidation sites excluding steroid dienone is 3. The SMILES string of the molecule is C=CC1CCC(/C=C/CCC2CCC([C@H]3CC[C@H](CCC)CC3)CC2)CC1. The van der Waals surface area contributed by atoms with Gasteiger partial charge in [-0.1, -0.05) is 63.7 Å². The first-order valence-corrected chi connectivity index (χ1v) is 12.6. The van der Waals surface area contributed by atoms with E-state index in [0.29, 0.717) is 0 Å². The van der Waals surface area contributed by atoms with Gasteiger partial charge in [0.1, 0.15) is 0 Å². The van der Waals surface area contributed by atoms with Crippen LogP contribution in [0.1, 0.15) is 110 Å². The normalized spacial score (nSPS) is 38.1. The van der Waals surface area contributed by atoms with E-state index in [9.17, 15) is 0 Å². The highest BCUT2D eigenvalue weighted by Gasteiger charge is 2.30. The molecular weight excluding hydrogens is 324 g/mol. The zero-order valence-electron chi connectivity index (χ0n) is 18.2. The van der Waals surface area contributed by atoms with Crippen molar-refractivity contribution in [2.75, 3.05) is 0 Å². The molecule has 0 N–H and O–H groups in total. The Bertz CT molecular complexity index is 423. The molecule has 0 aromatic carbocycles. The van der Waals surface area contributed by atoms with Crippen LogP contribution in [0.5, 0.6) is 0 Å². The van der Waals surface area contributed by atoms with Crippen LogP contribution in [0.15, 0.2) is 24.8 Å². The van der Waals surface area contributed by atoms with Crippen LogP contribution in [0.3, 0.4) is 0 Å². The van der Waals surface area contributed by atoms with Crippen LogP contribution in [-0.2, 0) is 0 Å². The molecule has 3 rings (SSSR count). The molecule has 0 atom stereocenters. The molecular formula is C27H46. The van der Waals surface area contributed by atoms with Crippen LogP contribution < -0.4 is 0 Å². The first kappa shape index (κ1) is 21.2. The quantitative estimate of drug-likeness (QED) is 0.375. The fraction of sp³-hybridized carbons (Fsp3) is 0.852. The van der Waals surface area contributed by atoms with Crippen molar-refractivity contribution in [2.24, 2.45) is 35.5 Å². The van der Waals surface area contributed by atoms with Gasteiger partial charge in [-0.3, -0.25) is 0 Å². The van der Waals surface area contributed by atoms with E-state index >= 15 is 0 Å². The Kier molecular flexibility index (Phi) is 9.01. The molecule has 3 saturated carbocycles.